The van der Waals surface area contributed by atoms with E-state index in [0.29, 0.717) is 11.8 Å². The highest BCUT2D eigenvalue weighted by Gasteiger charge is 2.33. The van der Waals surface area contributed by atoms with Gasteiger partial charge in [0.2, 0.25) is 5.28 Å². The van der Waals surface area contributed by atoms with Crippen molar-refractivity contribution >= 4 is 23.1 Å². The Morgan fingerprint density at radius 2 is 1.90 bits per heavy atom. The number of nitrogens with one attached hydrogen (secondary N) is 1. The van der Waals surface area contributed by atoms with Crippen molar-refractivity contribution in [3.63, 3.8) is 0 Å². The van der Waals surface area contributed by atoms with Crippen LogP contribution >= 0.6 is 11.6 Å². The van der Waals surface area contributed by atoms with Crippen LogP contribution in [0.15, 0.2) is 24.3 Å². The Morgan fingerprint density at radius 3 is 2.55 bits per heavy atom. The van der Waals surface area contributed by atoms with Gasteiger partial charge >= 0.3 is 6.18 Å². The molecular formula is C12H8ClF4N3. The number of nitrogens with zero attached hydrogens (tertiary/aromatic N) is 2. The first-order chi connectivity index (χ1) is 9.27. The number of aromatic nitrogens is 2. The molecule has 0 saturated heterocycles. The Kier molecular flexibility index (Phi) is 3.80. The van der Waals surface area contributed by atoms with E-state index in [0.717, 1.165) is 0 Å². The molecule has 0 amide bonds. The molecule has 0 atom stereocenters. The molecule has 0 fully saturated rings. The Balaban J connectivity index is 2.39. The zero-order chi connectivity index (χ0) is 14.9. The molecule has 1 heterocycles. The van der Waals surface area contributed by atoms with E-state index < -0.39 is 23.0 Å². The summed E-state index contributed by atoms with van der Waals surface area (Å²) in [6, 6.07) is 4.89. The number of alkyl halides is 3. The largest absolute Gasteiger partial charge is 0.433 e. The van der Waals surface area contributed by atoms with Gasteiger partial charge in [-0.25, -0.2) is 14.4 Å². The highest BCUT2D eigenvalue weighted by atomic mass is 35.5. The van der Waals surface area contributed by atoms with Crippen molar-refractivity contribution < 1.29 is 17.6 Å². The minimum absolute atomic E-state index is 0.161. The predicted octanol–water partition coefficient (Wildman–Crippen LogP) is 4.34. The van der Waals surface area contributed by atoms with Crippen molar-refractivity contribution in [2.45, 2.75) is 13.1 Å². The molecule has 20 heavy (non-hydrogen) atoms. The number of halogens is 5. The summed E-state index contributed by atoms with van der Waals surface area (Å²) in [7, 11) is 0. The van der Waals surface area contributed by atoms with Gasteiger partial charge in [-0.1, -0.05) is 6.07 Å². The fourth-order valence-electron chi connectivity index (χ4n) is 1.51. The number of hydrogen-bond donors (Lipinski definition) is 1. The second-order valence-corrected chi connectivity index (χ2v) is 4.28. The molecule has 1 N–H and O–H groups in total. The fourth-order valence-corrected chi connectivity index (χ4v) is 1.69. The van der Waals surface area contributed by atoms with Gasteiger partial charge in [0.25, 0.3) is 0 Å². The summed E-state index contributed by atoms with van der Waals surface area (Å²) in [6.07, 6.45) is -4.64. The average molecular weight is 306 g/mol. The van der Waals surface area contributed by atoms with Gasteiger partial charge in [-0.2, -0.15) is 13.2 Å². The lowest BCUT2D eigenvalue weighted by Gasteiger charge is -2.11. The van der Waals surface area contributed by atoms with Crippen molar-refractivity contribution in [1.29, 1.82) is 0 Å². The van der Waals surface area contributed by atoms with Crippen molar-refractivity contribution in [1.82, 2.24) is 9.97 Å². The predicted molar refractivity (Wildman–Crippen MR) is 66.5 cm³/mol. The number of benzene rings is 1. The van der Waals surface area contributed by atoms with E-state index in [2.05, 4.69) is 15.3 Å². The highest BCUT2D eigenvalue weighted by molar-refractivity contribution is 6.28. The van der Waals surface area contributed by atoms with Crippen molar-refractivity contribution in [2.24, 2.45) is 0 Å². The van der Waals surface area contributed by atoms with E-state index in [4.69, 9.17) is 11.6 Å². The SMILES string of the molecule is Cc1c(F)cccc1Nc1cc(C(F)(F)F)nc(Cl)n1. The maximum atomic E-state index is 13.4. The third-order valence-corrected chi connectivity index (χ3v) is 2.69. The molecule has 0 bridgehead atoms. The van der Waals surface area contributed by atoms with E-state index in [-0.39, 0.29) is 11.4 Å². The van der Waals surface area contributed by atoms with E-state index >= 15 is 0 Å². The molecule has 3 nitrogen and oxygen atoms in total. The Bertz CT molecular complexity index is 643. The normalized spacial score (nSPS) is 11.5. The van der Waals surface area contributed by atoms with Gasteiger partial charge in [0, 0.05) is 17.3 Å². The van der Waals surface area contributed by atoms with Crippen LogP contribution in [0.2, 0.25) is 5.28 Å². The summed E-state index contributed by atoms with van der Waals surface area (Å²) in [6.45, 7) is 1.49. The second kappa shape index (κ2) is 5.24. The van der Waals surface area contributed by atoms with Crippen LogP contribution in [0.3, 0.4) is 0 Å². The molecule has 0 aliphatic carbocycles. The number of anilines is 2. The third kappa shape index (κ3) is 3.16. The first kappa shape index (κ1) is 14.5. The van der Waals surface area contributed by atoms with E-state index in [1.54, 1.807) is 0 Å². The van der Waals surface area contributed by atoms with Crippen LogP contribution < -0.4 is 5.32 Å². The Hall–Kier alpha value is -1.89. The lowest BCUT2D eigenvalue weighted by atomic mass is 10.2. The molecule has 0 aliphatic heterocycles. The van der Waals surface area contributed by atoms with E-state index in [1.165, 1.54) is 25.1 Å². The van der Waals surface area contributed by atoms with Crippen LogP contribution in [0.4, 0.5) is 29.1 Å². The highest BCUT2D eigenvalue weighted by Crippen LogP contribution is 2.30. The summed E-state index contributed by atoms with van der Waals surface area (Å²) >= 11 is 5.46. The average Bonchev–Trinajstić information content (AvgIpc) is 2.33. The van der Waals surface area contributed by atoms with Gasteiger partial charge < -0.3 is 5.32 Å². The molecule has 0 radical (unpaired) electrons. The van der Waals surface area contributed by atoms with Crippen LogP contribution in [0.1, 0.15) is 11.3 Å². The van der Waals surface area contributed by atoms with Crippen molar-refractivity contribution in [3.8, 4) is 0 Å². The van der Waals surface area contributed by atoms with Crippen LogP contribution in [0.25, 0.3) is 0 Å². The first-order valence-electron chi connectivity index (χ1n) is 5.41. The van der Waals surface area contributed by atoms with Crippen LogP contribution in [-0.2, 0) is 6.18 Å². The van der Waals surface area contributed by atoms with Crippen molar-refractivity contribution in [2.75, 3.05) is 5.32 Å². The number of rotatable bonds is 2. The molecule has 0 spiro atoms. The molecule has 0 unspecified atom stereocenters. The van der Waals surface area contributed by atoms with E-state index in [1.807, 2.05) is 0 Å². The van der Waals surface area contributed by atoms with Gasteiger partial charge in [0.15, 0.2) is 5.69 Å². The van der Waals surface area contributed by atoms with Gasteiger partial charge in [-0.15, -0.1) is 0 Å². The lowest BCUT2D eigenvalue weighted by Crippen LogP contribution is -2.10. The van der Waals surface area contributed by atoms with Gasteiger partial charge in [0.1, 0.15) is 11.6 Å². The van der Waals surface area contributed by atoms with Gasteiger partial charge in [-0.05, 0) is 30.7 Å². The Labute approximate surface area is 116 Å². The summed E-state index contributed by atoms with van der Waals surface area (Å²) in [5, 5.41) is 2.05. The monoisotopic (exact) mass is 305 g/mol. The maximum absolute atomic E-state index is 13.4. The van der Waals surface area contributed by atoms with Crippen LogP contribution in [0, 0.1) is 12.7 Å². The molecule has 0 aliphatic rings. The topological polar surface area (TPSA) is 37.8 Å². The maximum Gasteiger partial charge on any atom is 0.433 e. The third-order valence-electron chi connectivity index (χ3n) is 2.52. The zero-order valence-electron chi connectivity index (χ0n) is 10.1. The van der Waals surface area contributed by atoms with Crippen LogP contribution in [0.5, 0.6) is 0 Å². The summed E-state index contributed by atoms with van der Waals surface area (Å²) in [5.41, 5.74) is -0.613. The molecule has 2 rings (SSSR count). The van der Waals surface area contributed by atoms with Crippen LogP contribution in [-0.4, -0.2) is 9.97 Å². The minimum Gasteiger partial charge on any atom is -0.340 e. The smallest absolute Gasteiger partial charge is 0.340 e. The molecule has 1 aromatic carbocycles. The van der Waals surface area contributed by atoms with Gasteiger partial charge in [-0.3, -0.25) is 0 Å². The fraction of sp³-hybridized carbons (Fsp3) is 0.167. The standard InChI is InChI=1S/C12H8ClF4N3/c1-6-7(14)3-2-4-8(6)18-10-5-9(12(15,16)17)19-11(13)20-10/h2-5H,1H3,(H,18,19,20). The van der Waals surface area contributed by atoms with Gasteiger partial charge in [0.05, 0.1) is 0 Å². The minimum atomic E-state index is -4.64. The second-order valence-electron chi connectivity index (χ2n) is 3.94. The molecule has 106 valence electrons. The zero-order valence-corrected chi connectivity index (χ0v) is 10.8. The summed E-state index contributed by atoms with van der Waals surface area (Å²) in [4.78, 5) is 6.74. The molecule has 0 saturated carbocycles. The number of hydrogen-bond acceptors (Lipinski definition) is 3. The molecule has 8 heteroatoms. The molecule has 2 aromatic rings. The summed E-state index contributed by atoms with van der Waals surface area (Å²) < 4.78 is 51.1. The van der Waals surface area contributed by atoms with Crippen molar-refractivity contribution in [3.05, 3.63) is 46.6 Å². The Morgan fingerprint density at radius 1 is 1.20 bits per heavy atom. The lowest BCUT2D eigenvalue weighted by molar-refractivity contribution is -0.141. The first-order valence-corrected chi connectivity index (χ1v) is 5.79. The molecular weight excluding hydrogens is 298 g/mol. The van der Waals surface area contributed by atoms with E-state index in [9.17, 15) is 17.6 Å². The molecule has 1 aromatic heterocycles. The quantitative estimate of drug-likeness (QED) is 0.662. The summed E-state index contributed by atoms with van der Waals surface area (Å²) in [5.74, 6) is -0.641.